The van der Waals surface area contributed by atoms with Gasteiger partial charge in [-0.1, -0.05) is 6.92 Å². The van der Waals surface area contributed by atoms with Gasteiger partial charge in [-0.3, -0.25) is 0 Å². The van der Waals surface area contributed by atoms with Crippen molar-refractivity contribution in [1.29, 1.82) is 0 Å². The van der Waals surface area contributed by atoms with Crippen LogP contribution < -0.4 is 10.5 Å². The lowest BCUT2D eigenvalue weighted by Gasteiger charge is -2.07. The van der Waals surface area contributed by atoms with Crippen molar-refractivity contribution in [1.82, 2.24) is 4.72 Å². The molecule has 1 aromatic carbocycles. The number of benzene rings is 1. The third-order valence-corrected chi connectivity index (χ3v) is 3.53. The standard InChI is InChI=1S/C9H13FN2O2S/c1-3-12-15(13,14)7-4-8(10)6(2)9(11)5-7/h4-5,12H,3,11H2,1-2H3. The van der Waals surface area contributed by atoms with E-state index < -0.39 is 15.8 Å². The first-order chi connectivity index (χ1) is 6.88. The zero-order valence-electron chi connectivity index (χ0n) is 8.54. The predicted octanol–water partition coefficient (Wildman–Crippen LogP) is 1.01. The third-order valence-electron chi connectivity index (χ3n) is 2.00. The quantitative estimate of drug-likeness (QED) is 0.764. The van der Waals surface area contributed by atoms with Crippen LogP contribution in [0.25, 0.3) is 0 Å². The Hall–Kier alpha value is -1.14. The molecule has 0 spiro atoms. The topological polar surface area (TPSA) is 72.2 Å². The van der Waals surface area contributed by atoms with Gasteiger partial charge in [0.05, 0.1) is 4.90 Å². The van der Waals surface area contributed by atoms with Crippen LogP contribution in [0.15, 0.2) is 17.0 Å². The molecule has 0 fully saturated rings. The lowest BCUT2D eigenvalue weighted by Crippen LogP contribution is -2.23. The zero-order valence-corrected chi connectivity index (χ0v) is 9.36. The van der Waals surface area contributed by atoms with Gasteiger partial charge in [-0.25, -0.2) is 17.5 Å². The molecule has 3 N–H and O–H groups in total. The van der Waals surface area contributed by atoms with Crippen LogP contribution in [0.2, 0.25) is 0 Å². The first-order valence-electron chi connectivity index (χ1n) is 4.43. The lowest BCUT2D eigenvalue weighted by atomic mass is 10.2. The van der Waals surface area contributed by atoms with E-state index in [1.807, 2.05) is 0 Å². The SMILES string of the molecule is CCNS(=O)(=O)c1cc(N)c(C)c(F)c1. The molecule has 0 radical (unpaired) electrons. The van der Waals surface area contributed by atoms with Crippen LogP contribution in [0, 0.1) is 12.7 Å². The van der Waals surface area contributed by atoms with Gasteiger partial charge in [-0.15, -0.1) is 0 Å². The summed E-state index contributed by atoms with van der Waals surface area (Å²) >= 11 is 0. The second-order valence-electron chi connectivity index (χ2n) is 3.12. The number of nitrogen functional groups attached to an aromatic ring is 1. The molecule has 4 nitrogen and oxygen atoms in total. The van der Waals surface area contributed by atoms with Crippen molar-refractivity contribution in [3.8, 4) is 0 Å². The Kier molecular flexibility index (Phi) is 3.31. The molecule has 0 aromatic heterocycles. The van der Waals surface area contributed by atoms with Crippen LogP contribution in [-0.2, 0) is 10.0 Å². The van der Waals surface area contributed by atoms with E-state index in [1.165, 1.54) is 13.0 Å². The smallest absolute Gasteiger partial charge is 0.240 e. The van der Waals surface area contributed by atoms with Gasteiger partial charge in [-0.05, 0) is 19.1 Å². The first-order valence-corrected chi connectivity index (χ1v) is 5.92. The van der Waals surface area contributed by atoms with Crippen LogP contribution >= 0.6 is 0 Å². The summed E-state index contributed by atoms with van der Waals surface area (Å²) in [7, 11) is -3.64. The molecule has 15 heavy (non-hydrogen) atoms. The second kappa shape index (κ2) is 4.16. The first kappa shape index (κ1) is 11.9. The fraction of sp³-hybridized carbons (Fsp3) is 0.333. The lowest BCUT2D eigenvalue weighted by molar-refractivity contribution is 0.579. The maximum atomic E-state index is 13.2. The molecule has 6 heteroatoms. The van der Waals surface area contributed by atoms with E-state index in [0.717, 1.165) is 6.07 Å². The zero-order chi connectivity index (χ0) is 11.6. The molecule has 1 rings (SSSR count). The molecule has 0 atom stereocenters. The molecule has 0 saturated carbocycles. The summed E-state index contributed by atoms with van der Waals surface area (Å²) in [6.45, 7) is 3.39. The number of halogens is 1. The Morgan fingerprint density at radius 2 is 2.07 bits per heavy atom. The highest BCUT2D eigenvalue weighted by Crippen LogP contribution is 2.20. The molecule has 1 aromatic rings. The molecular weight excluding hydrogens is 219 g/mol. The number of rotatable bonds is 3. The number of nitrogens with two attached hydrogens (primary N) is 1. The molecule has 0 amide bonds. The Bertz CT molecular complexity index is 448. The van der Waals surface area contributed by atoms with Gasteiger partial charge < -0.3 is 5.73 Å². The van der Waals surface area contributed by atoms with Crippen molar-refractivity contribution >= 4 is 15.7 Å². The van der Waals surface area contributed by atoms with Crippen molar-refractivity contribution in [2.24, 2.45) is 0 Å². The molecule has 84 valence electrons. The van der Waals surface area contributed by atoms with Crippen molar-refractivity contribution in [3.05, 3.63) is 23.5 Å². The number of anilines is 1. The second-order valence-corrected chi connectivity index (χ2v) is 4.89. The van der Waals surface area contributed by atoms with Crippen molar-refractivity contribution < 1.29 is 12.8 Å². The van der Waals surface area contributed by atoms with Crippen LogP contribution in [-0.4, -0.2) is 15.0 Å². The average Bonchev–Trinajstić information content (AvgIpc) is 2.13. The molecular formula is C9H13FN2O2S. The molecule has 0 saturated heterocycles. The summed E-state index contributed by atoms with van der Waals surface area (Å²) < 4.78 is 38.5. The van der Waals surface area contributed by atoms with E-state index in [2.05, 4.69) is 4.72 Å². The van der Waals surface area contributed by atoms with Crippen molar-refractivity contribution in [3.63, 3.8) is 0 Å². The monoisotopic (exact) mass is 232 g/mol. The summed E-state index contributed by atoms with van der Waals surface area (Å²) in [6, 6.07) is 2.21. The normalized spacial score (nSPS) is 11.7. The van der Waals surface area contributed by atoms with Gasteiger partial charge in [0.1, 0.15) is 5.82 Å². The summed E-state index contributed by atoms with van der Waals surface area (Å²) in [5.74, 6) is -0.619. The van der Waals surface area contributed by atoms with Crippen LogP contribution in [0.1, 0.15) is 12.5 Å². The minimum absolute atomic E-state index is 0.131. The Morgan fingerprint density at radius 1 is 1.47 bits per heavy atom. The highest BCUT2D eigenvalue weighted by molar-refractivity contribution is 7.89. The van der Waals surface area contributed by atoms with E-state index in [-0.39, 0.29) is 22.7 Å². The minimum Gasteiger partial charge on any atom is -0.398 e. The number of sulfonamides is 1. The summed E-state index contributed by atoms with van der Waals surface area (Å²) in [6.07, 6.45) is 0. The molecule has 0 bridgehead atoms. The predicted molar refractivity (Wildman–Crippen MR) is 56.4 cm³/mol. The van der Waals surface area contributed by atoms with E-state index in [0.29, 0.717) is 0 Å². The summed E-state index contributed by atoms with van der Waals surface area (Å²) in [5, 5.41) is 0. The number of nitrogens with one attached hydrogen (secondary N) is 1. The van der Waals surface area contributed by atoms with E-state index in [4.69, 9.17) is 5.73 Å². The van der Waals surface area contributed by atoms with Gasteiger partial charge >= 0.3 is 0 Å². The molecule has 0 aliphatic carbocycles. The summed E-state index contributed by atoms with van der Waals surface area (Å²) in [4.78, 5) is -0.148. The van der Waals surface area contributed by atoms with E-state index in [9.17, 15) is 12.8 Å². The Balaban J connectivity index is 3.29. The van der Waals surface area contributed by atoms with Crippen molar-refractivity contribution in [2.75, 3.05) is 12.3 Å². The Labute approximate surface area is 88.3 Å². The van der Waals surface area contributed by atoms with Crippen molar-refractivity contribution in [2.45, 2.75) is 18.7 Å². The number of hydrogen-bond donors (Lipinski definition) is 2. The highest BCUT2D eigenvalue weighted by Gasteiger charge is 2.15. The molecule has 0 unspecified atom stereocenters. The maximum Gasteiger partial charge on any atom is 0.240 e. The van der Waals surface area contributed by atoms with Crippen LogP contribution in [0.5, 0.6) is 0 Å². The fourth-order valence-corrected chi connectivity index (χ4v) is 2.19. The minimum atomic E-state index is -3.64. The van der Waals surface area contributed by atoms with Gasteiger partial charge in [0.2, 0.25) is 10.0 Å². The van der Waals surface area contributed by atoms with Gasteiger partial charge in [0, 0.05) is 17.8 Å². The highest BCUT2D eigenvalue weighted by atomic mass is 32.2. The molecule has 0 aliphatic heterocycles. The van der Waals surface area contributed by atoms with E-state index in [1.54, 1.807) is 6.92 Å². The number of hydrogen-bond acceptors (Lipinski definition) is 3. The van der Waals surface area contributed by atoms with Gasteiger partial charge in [0.25, 0.3) is 0 Å². The largest absolute Gasteiger partial charge is 0.398 e. The van der Waals surface area contributed by atoms with E-state index >= 15 is 0 Å². The summed E-state index contributed by atoms with van der Waals surface area (Å²) in [5.41, 5.74) is 5.87. The van der Waals surface area contributed by atoms with Gasteiger partial charge in [0.15, 0.2) is 0 Å². The van der Waals surface area contributed by atoms with Crippen LogP contribution in [0.4, 0.5) is 10.1 Å². The average molecular weight is 232 g/mol. The van der Waals surface area contributed by atoms with Crippen LogP contribution in [0.3, 0.4) is 0 Å². The maximum absolute atomic E-state index is 13.2. The molecule has 0 aliphatic rings. The fourth-order valence-electron chi connectivity index (χ4n) is 1.10. The van der Waals surface area contributed by atoms with Gasteiger partial charge in [-0.2, -0.15) is 0 Å². The Morgan fingerprint density at radius 3 is 2.53 bits per heavy atom. The molecule has 0 heterocycles. The third kappa shape index (κ3) is 2.45.